The smallest absolute Gasteiger partial charge is 0.240 e. The fourth-order valence-corrected chi connectivity index (χ4v) is 5.14. The van der Waals surface area contributed by atoms with Gasteiger partial charge in [0.1, 0.15) is 0 Å². The first-order chi connectivity index (χ1) is 15.1. The van der Waals surface area contributed by atoms with E-state index < -0.39 is 10.0 Å². The molecular formula is C25H29N3O2S. The first-order valence-electron chi connectivity index (χ1n) is 10.7. The lowest BCUT2D eigenvalue weighted by atomic mass is 10.0. The predicted octanol–water partition coefficient (Wildman–Crippen LogP) is 3.52. The van der Waals surface area contributed by atoms with Gasteiger partial charge in [-0.3, -0.25) is 9.80 Å². The summed E-state index contributed by atoms with van der Waals surface area (Å²) in [6.07, 6.45) is 0. The van der Waals surface area contributed by atoms with Gasteiger partial charge in [0.25, 0.3) is 0 Å². The van der Waals surface area contributed by atoms with E-state index in [0.717, 1.165) is 38.3 Å². The first-order valence-corrected chi connectivity index (χ1v) is 12.2. The summed E-state index contributed by atoms with van der Waals surface area (Å²) in [4.78, 5) is 5.15. The number of hydrogen-bond donors (Lipinski definition) is 1. The largest absolute Gasteiger partial charge is 0.297 e. The maximum atomic E-state index is 12.8. The lowest BCUT2D eigenvalue weighted by Gasteiger charge is -2.39. The Morgan fingerprint density at radius 1 is 0.742 bits per heavy atom. The lowest BCUT2D eigenvalue weighted by molar-refractivity contribution is 0.0928. The Morgan fingerprint density at radius 2 is 1.29 bits per heavy atom. The van der Waals surface area contributed by atoms with Crippen molar-refractivity contribution in [1.29, 1.82) is 0 Å². The van der Waals surface area contributed by atoms with E-state index in [1.807, 2.05) is 30.3 Å². The molecule has 0 unspecified atom stereocenters. The van der Waals surface area contributed by atoms with Crippen LogP contribution in [-0.2, 0) is 16.6 Å². The van der Waals surface area contributed by atoms with Crippen molar-refractivity contribution in [3.8, 4) is 0 Å². The number of nitrogens with one attached hydrogen (secondary N) is 1. The third-order valence-electron chi connectivity index (χ3n) is 5.80. The van der Waals surface area contributed by atoms with Crippen LogP contribution in [0.2, 0.25) is 0 Å². The van der Waals surface area contributed by atoms with E-state index in [1.165, 1.54) is 5.56 Å². The standard InChI is InChI=1S/C25H29N3O2S/c29-31(30,24-14-8-3-9-15-24)26-20-25(23-12-6-2-7-13-23)28-18-16-27(17-19-28)21-22-10-4-1-5-11-22/h1-15,25-26H,16-21H2/t25-/m1/s1. The van der Waals surface area contributed by atoms with Gasteiger partial charge in [0, 0.05) is 45.3 Å². The molecule has 162 valence electrons. The van der Waals surface area contributed by atoms with Gasteiger partial charge in [-0.2, -0.15) is 0 Å². The number of sulfonamides is 1. The lowest BCUT2D eigenvalue weighted by Crippen LogP contribution is -2.49. The van der Waals surface area contributed by atoms with Crippen molar-refractivity contribution < 1.29 is 8.42 Å². The van der Waals surface area contributed by atoms with Gasteiger partial charge in [0.05, 0.1) is 4.90 Å². The average Bonchev–Trinajstić information content (AvgIpc) is 2.82. The highest BCUT2D eigenvalue weighted by Crippen LogP contribution is 2.23. The Hall–Kier alpha value is -2.51. The van der Waals surface area contributed by atoms with Crippen LogP contribution >= 0.6 is 0 Å². The second kappa shape index (κ2) is 10.2. The number of piperazine rings is 1. The van der Waals surface area contributed by atoms with E-state index in [1.54, 1.807) is 24.3 Å². The third kappa shape index (κ3) is 5.80. The summed E-state index contributed by atoms with van der Waals surface area (Å²) in [6.45, 7) is 5.03. The Bertz CT molecular complexity index is 1040. The SMILES string of the molecule is O=S(=O)(NC[C@H](c1ccccc1)N1CCN(Cc2ccccc2)CC1)c1ccccc1. The van der Waals surface area contributed by atoms with Gasteiger partial charge >= 0.3 is 0 Å². The molecular weight excluding hydrogens is 406 g/mol. The molecule has 4 rings (SSSR count). The number of hydrogen-bond acceptors (Lipinski definition) is 4. The van der Waals surface area contributed by atoms with E-state index >= 15 is 0 Å². The molecule has 1 aliphatic rings. The van der Waals surface area contributed by atoms with Crippen LogP contribution in [0.25, 0.3) is 0 Å². The zero-order chi connectivity index (χ0) is 21.5. The summed E-state index contributed by atoms with van der Waals surface area (Å²) >= 11 is 0. The Morgan fingerprint density at radius 3 is 1.90 bits per heavy atom. The molecule has 6 heteroatoms. The molecule has 0 bridgehead atoms. The Kier molecular flexibility index (Phi) is 7.14. The zero-order valence-electron chi connectivity index (χ0n) is 17.6. The van der Waals surface area contributed by atoms with Crippen molar-refractivity contribution in [1.82, 2.24) is 14.5 Å². The quantitative estimate of drug-likeness (QED) is 0.588. The molecule has 1 N–H and O–H groups in total. The third-order valence-corrected chi connectivity index (χ3v) is 7.24. The molecule has 1 saturated heterocycles. The molecule has 0 spiro atoms. The van der Waals surface area contributed by atoms with E-state index in [2.05, 4.69) is 50.9 Å². The number of nitrogens with zero attached hydrogens (tertiary/aromatic N) is 2. The van der Waals surface area contributed by atoms with Crippen molar-refractivity contribution in [2.75, 3.05) is 32.7 Å². The topological polar surface area (TPSA) is 52.7 Å². The predicted molar refractivity (Wildman–Crippen MR) is 124 cm³/mol. The molecule has 1 heterocycles. The van der Waals surface area contributed by atoms with Crippen LogP contribution in [0.3, 0.4) is 0 Å². The monoisotopic (exact) mass is 435 g/mol. The molecule has 0 amide bonds. The molecule has 3 aromatic rings. The molecule has 0 saturated carbocycles. The Labute approximate surface area is 185 Å². The van der Waals surface area contributed by atoms with Gasteiger partial charge in [-0.25, -0.2) is 13.1 Å². The fraction of sp³-hybridized carbons (Fsp3) is 0.280. The summed E-state index contributed by atoms with van der Waals surface area (Å²) in [5.41, 5.74) is 2.46. The van der Waals surface area contributed by atoms with Gasteiger partial charge in [0.2, 0.25) is 10.0 Å². The zero-order valence-corrected chi connectivity index (χ0v) is 18.4. The first kappa shape index (κ1) is 21.7. The highest BCUT2D eigenvalue weighted by molar-refractivity contribution is 7.89. The van der Waals surface area contributed by atoms with Crippen LogP contribution in [0.4, 0.5) is 0 Å². The molecule has 5 nitrogen and oxygen atoms in total. The van der Waals surface area contributed by atoms with Crippen LogP contribution in [0, 0.1) is 0 Å². The second-order valence-electron chi connectivity index (χ2n) is 7.89. The van der Waals surface area contributed by atoms with E-state index in [9.17, 15) is 8.42 Å². The molecule has 0 aliphatic carbocycles. The minimum atomic E-state index is -3.54. The van der Waals surface area contributed by atoms with Gasteiger partial charge < -0.3 is 0 Å². The van der Waals surface area contributed by atoms with Crippen LogP contribution in [0.5, 0.6) is 0 Å². The van der Waals surface area contributed by atoms with Crippen LogP contribution in [-0.4, -0.2) is 50.9 Å². The summed E-state index contributed by atoms with van der Waals surface area (Å²) in [7, 11) is -3.54. The van der Waals surface area contributed by atoms with Gasteiger partial charge in [-0.05, 0) is 23.3 Å². The van der Waals surface area contributed by atoms with Crippen molar-refractivity contribution in [3.63, 3.8) is 0 Å². The molecule has 31 heavy (non-hydrogen) atoms. The highest BCUT2D eigenvalue weighted by atomic mass is 32.2. The van der Waals surface area contributed by atoms with Crippen LogP contribution < -0.4 is 4.72 Å². The molecule has 1 aliphatic heterocycles. The van der Waals surface area contributed by atoms with Crippen molar-refractivity contribution >= 4 is 10.0 Å². The maximum absolute atomic E-state index is 12.8. The average molecular weight is 436 g/mol. The summed E-state index contributed by atoms with van der Waals surface area (Å²) in [5.74, 6) is 0. The number of rotatable bonds is 8. The van der Waals surface area contributed by atoms with Crippen molar-refractivity contribution in [2.24, 2.45) is 0 Å². The summed E-state index contributed by atoms with van der Waals surface area (Å²) in [6, 6.07) is 29.3. The van der Waals surface area contributed by atoms with Gasteiger partial charge in [-0.1, -0.05) is 78.9 Å². The van der Waals surface area contributed by atoms with Crippen LogP contribution in [0.1, 0.15) is 17.2 Å². The van der Waals surface area contributed by atoms with Gasteiger partial charge in [0.15, 0.2) is 0 Å². The molecule has 0 radical (unpaired) electrons. The summed E-state index contributed by atoms with van der Waals surface area (Å²) < 4.78 is 28.4. The molecule has 1 atom stereocenters. The van der Waals surface area contributed by atoms with Crippen LogP contribution in [0.15, 0.2) is 95.9 Å². The van der Waals surface area contributed by atoms with E-state index in [4.69, 9.17) is 0 Å². The van der Waals surface area contributed by atoms with Crippen molar-refractivity contribution in [2.45, 2.75) is 17.5 Å². The van der Waals surface area contributed by atoms with Gasteiger partial charge in [-0.15, -0.1) is 0 Å². The molecule has 0 aromatic heterocycles. The minimum absolute atomic E-state index is 0.00133. The normalized spacial score (nSPS) is 16.8. The second-order valence-corrected chi connectivity index (χ2v) is 9.66. The maximum Gasteiger partial charge on any atom is 0.240 e. The van der Waals surface area contributed by atoms with Crippen molar-refractivity contribution in [3.05, 3.63) is 102 Å². The van der Waals surface area contributed by atoms with E-state index in [0.29, 0.717) is 11.4 Å². The van der Waals surface area contributed by atoms with E-state index in [-0.39, 0.29) is 6.04 Å². The highest BCUT2D eigenvalue weighted by Gasteiger charge is 2.26. The summed E-state index contributed by atoms with van der Waals surface area (Å²) in [5, 5.41) is 0. The number of benzene rings is 3. The Balaban J connectivity index is 1.43. The minimum Gasteiger partial charge on any atom is -0.297 e. The fourth-order valence-electron chi connectivity index (χ4n) is 4.08. The molecule has 3 aromatic carbocycles. The molecule has 1 fully saturated rings.